The van der Waals surface area contributed by atoms with E-state index in [0.29, 0.717) is 0 Å². The predicted octanol–water partition coefficient (Wildman–Crippen LogP) is 4.02. The fraction of sp³-hybridized carbons (Fsp3) is 0.278. The molecular formula is C18H15F3N4O4S2. The van der Waals surface area contributed by atoms with E-state index >= 15 is 0 Å². The van der Waals surface area contributed by atoms with Crippen molar-refractivity contribution in [1.82, 2.24) is 13.9 Å². The van der Waals surface area contributed by atoms with Crippen LogP contribution in [0.3, 0.4) is 0 Å². The SMILES string of the molecule is CC(C1=C(C(F)(F)F)CCC=C1)n1c(=O)oc2cc(S(=O)(=O)Nc3ncns3)ccc21. The average molecular weight is 472 g/mol. The second-order valence-corrected chi connectivity index (χ2v) is 9.23. The molecule has 1 aromatic carbocycles. The van der Waals surface area contributed by atoms with Crippen LogP contribution in [-0.2, 0) is 10.0 Å². The van der Waals surface area contributed by atoms with Crippen molar-refractivity contribution in [2.24, 2.45) is 0 Å². The molecule has 13 heteroatoms. The molecule has 0 radical (unpaired) electrons. The van der Waals surface area contributed by atoms with Crippen molar-refractivity contribution >= 4 is 37.8 Å². The van der Waals surface area contributed by atoms with Gasteiger partial charge in [-0.15, -0.1) is 0 Å². The number of nitrogens with one attached hydrogen (secondary N) is 1. The van der Waals surface area contributed by atoms with Crippen LogP contribution in [0.4, 0.5) is 18.3 Å². The molecule has 0 aliphatic heterocycles. The van der Waals surface area contributed by atoms with E-state index in [-0.39, 0.29) is 39.5 Å². The summed E-state index contributed by atoms with van der Waals surface area (Å²) in [5.41, 5.74) is -0.603. The zero-order chi connectivity index (χ0) is 22.4. The minimum Gasteiger partial charge on any atom is -0.408 e. The Labute approximate surface area is 177 Å². The van der Waals surface area contributed by atoms with Crippen molar-refractivity contribution in [1.29, 1.82) is 0 Å². The number of rotatable bonds is 5. The summed E-state index contributed by atoms with van der Waals surface area (Å²) in [6, 6.07) is 2.73. The Kier molecular flexibility index (Phi) is 5.25. The highest BCUT2D eigenvalue weighted by Gasteiger charge is 2.37. The zero-order valence-corrected chi connectivity index (χ0v) is 17.5. The lowest BCUT2D eigenvalue weighted by Crippen LogP contribution is -2.24. The van der Waals surface area contributed by atoms with Gasteiger partial charge in [0.1, 0.15) is 6.33 Å². The monoisotopic (exact) mass is 472 g/mol. The van der Waals surface area contributed by atoms with Crippen LogP contribution in [0.15, 0.2) is 61.9 Å². The smallest absolute Gasteiger partial charge is 0.408 e. The van der Waals surface area contributed by atoms with E-state index < -0.39 is 33.6 Å². The Morgan fingerprint density at radius 2 is 2.10 bits per heavy atom. The molecule has 164 valence electrons. The third-order valence-corrected chi connectivity index (χ3v) is 6.91. The number of benzene rings is 1. The standard InChI is InChI=1S/C18H15F3N4O4S2/c1-10(12-4-2-3-5-13(12)18(19,20)21)25-14-7-6-11(8-15(14)29-17(25)26)31(27,28)24-16-22-9-23-30-16/h2,4,6-10H,3,5H2,1H3,(H,22,23,24). The Balaban J connectivity index is 1.77. The molecule has 8 nitrogen and oxygen atoms in total. The van der Waals surface area contributed by atoms with Crippen LogP contribution in [0.5, 0.6) is 0 Å². The van der Waals surface area contributed by atoms with Gasteiger partial charge in [0, 0.05) is 23.2 Å². The molecule has 1 atom stereocenters. The van der Waals surface area contributed by atoms with Crippen LogP contribution in [0.25, 0.3) is 11.1 Å². The second-order valence-electron chi connectivity index (χ2n) is 6.77. The van der Waals surface area contributed by atoms with E-state index in [1.807, 2.05) is 0 Å². The van der Waals surface area contributed by atoms with E-state index in [0.717, 1.165) is 22.2 Å². The van der Waals surface area contributed by atoms with E-state index in [4.69, 9.17) is 4.42 Å². The molecule has 0 bridgehead atoms. The minimum atomic E-state index is -4.52. The van der Waals surface area contributed by atoms with Gasteiger partial charge >= 0.3 is 11.9 Å². The van der Waals surface area contributed by atoms with Crippen molar-refractivity contribution in [3.63, 3.8) is 0 Å². The van der Waals surface area contributed by atoms with E-state index in [1.165, 1.54) is 31.5 Å². The summed E-state index contributed by atoms with van der Waals surface area (Å²) in [5, 5.41) is 0.0587. The average Bonchev–Trinajstić information content (AvgIpc) is 3.32. The third-order valence-electron chi connectivity index (χ3n) is 4.86. The fourth-order valence-electron chi connectivity index (χ4n) is 3.46. The first-order valence-electron chi connectivity index (χ1n) is 8.99. The van der Waals surface area contributed by atoms with Gasteiger partial charge in [0.05, 0.1) is 16.5 Å². The van der Waals surface area contributed by atoms with Crippen molar-refractivity contribution < 1.29 is 26.0 Å². The van der Waals surface area contributed by atoms with Crippen molar-refractivity contribution in [2.45, 2.75) is 36.9 Å². The topological polar surface area (TPSA) is 107 Å². The number of hydrogen-bond acceptors (Lipinski definition) is 7. The zero-order valence-electron chi connectivity index (χ0n) is 15.9. The molecule has 1 aliphatic carbocycles. The maximum absolute atomic E-state index is 13.5. The van der Waals surface area contributed by atoms with Gasteiger partial charge in [0.25, 0.3) is 10.0 Å². The molecule has 0 amide bonds. The molecule has 1 N–H and O–H groups in total. The number of fused-ring (bicyclic) bond motifs is 1. The highest BCUT2D eigenvalue weighted by Crippen LogP contribution is 2.39. The maximum atomic E-state index is 13.5. The molecule has 2 heterocycles. The number of allylic oxidation sites excluding steroid dienone is 4. The summed E-state index contributed by atoms with van der Waals surface area (Å²) in [5.74, 6) is -0.887. The highest BCUT2D eigenvalue weighted by molar-refractivity contribution is 7.93. The van der Waals surface area contributed by atoms with Gasteiger partial charge in [-0.2, -0.15) is 17.5 Å². The number of hydrogen-bond donors (Lipinski definition) is 1. The van der Waals surface area contributed by atoms with E-state index in [2.05, 4.69) is 14.1 Å². The lowest BCUT2D eigenvalue weighted by Gasteiger charge is -2.23. The third kappa shape index (κ3) is 4.02. The number of sulfonamides is 1. The van der Waals surface area contributed by atoms with Gasteiger partial charge in [-0.25, -0.2) is 18.2 Å². The van der Waals surface area contributed by atoms with Crippen LogP contribution in [-0.4, -0.2) is 28.5 Å². The molecule has 2 aromatic heterocycles. The largest absolute Gasteiger partial charge is 0.420 e. The minimum absolute atomic E-state index is 0.0295. The van der Waals surface area contributed by atoms with E-state index in [9.17, 15) is 26.4 Å². The van der Waals surface area contributed by atoms with E-state index in [1.54, 1.807) is 6.08 Å². The van der Waals surface area contributed by atoms with Gasteiger partial charge in [-0.05, 0) is 37.5 Å². The highest BCUT2D eigenvalue weighted by atomic mass is 32.2. The summed E-state index contributed by atoms with van der Waals surface area (Å²) >= 11 is 0.844. The first-order chi connectivity index (χ1) is 14.6. The van der Waals surface area contributed by atoms with Crippen LogP contribution < -0.4 is 10.5 Å². The first-order valence-corrected chi connectivity index (χ1v) is 11.2. The number of aromatic nitrogens is 3. The summed E-state index contributed by atoms with van der Waals surface area (Å²) in [6.45, 7) is 1.47. The van der Waals surface area contributed by atoms with Crippen LogP contribution in [0.1, 0.15) is 25.8 Å². The number of halogens is 3. The summed E-state index contributed by atoms with van der Waals surface area (Å²) in [7, 11) is -4.03. The second kappa shape index (κ2) is 7.64. The van der Waals surface area contributed by atoms with Crippen molar-refractivity contribution in [3.8, 4) is 0 Å². The lowest BCUT2D eigenvalue weighted by atomic mass is 9.92. The molecule has 1 aliphatic rings. The lowest BCUT2D eigenvalue weighted by molar-refractivity contribution is -0.0951. The Bertz CT molecular complexity index is 1350. The van der Waals surface area contributed by atoms with Gasteiger partial charge in [0.15, 0.2) is 5.58 Å². The number of oxazole rings is 1. The Morgan fingerprint density at radius 1 is 1.32 bits per heavy atom. The molecule has 0 spiro atoms. The van der Waals surface area contributed by atoms with Gasteiger partial charge in [-0.3, -0.25) is 9.29 Å². The molecule has 1 unspecified atom stereocenters. The Morgan fingerprint density at radius 3 is 2.77 bits per heavy atom. The van der Waals surface area contributed by atoms with Crippen LogP contribution in [0.2, 0.25) is 0 Å². The first kappa shape index (κ1) is 21.3. The van der Waals surface area contributed by atoms with Crippen molar-refractivity contribution in [2.75, 3.05) is 4.72 Å². The molecule has 0 fully saturated rings. The van der Waals surface area contributed by atoms with Crippen molar-refractivity contribution in [3.05, 3.63) is 58.4 Å². The predicted molar refractivity (Wildman–Crippen MR) is 107 cm³/mol. The van der Waals surface area contributed by atoms with Crippen LogP contribution >= 0.6 is 11.5 Å². The maximum Gasteiger partial charge on any atom is 0.420 e. The summed E-state index contributed by atoms with van der Waals surface area (Å²) < 4.78 is 77.6. The quantitative estimate of drug-likeness (QED) is 0.601. The summed E-state index contributed by atoms with van der Waals surface area (Å²) in [4.78, 5) is 16.0. The number of anilines is 1. The molecule has 0 saturated heterocycles. The molecule has 4 rings (SSSR count). The molecule has 3 aromatic rings. The number of alkyl halides is 3. The van der Waals surface area contributed by atoms with Gasteiger partial charge in [0.2, 0.25) is 5.13 Å². The molecular weight excluding hydrogens is 457 g/mol. The molecule has 31 heavy (non-hydrogen) atoms. The van der Waals surface area contributed by atoms with Gasteiger partial charge in [-0.1, -0.05) is 12.2 Å². The Hall–Kier alpha value is -2.93. The molecule has 0 saturated carbocycles. The van der Waals surface area contributed by atoms with Crippen LogP contribution in [0, 0.1) is 0 Å². The fourth-order valence-corrected chi connectivity index (χ4v) is 5.14. The van der Waals surface area contributed by atoms with Gasteiger partial charge < -0.3 is 4.42 Å². The number of nitrogens with zero attached hydrogens (tertiary/aromatic N) is 3. The summed E-state index contributed by atoms with van der Waals surface area (Å²) in [6.07, 6.45) is -0.255. The normalized spacial score (nSPS) is 16.1.